The Kier molecular flexibility index (Phi) is 2.47. The van der Waals surface area contributed by atoms with Crippen molar-refractivity contribution in [2.24, 2.45) is 0 Å². The fraction of sp³-hybridized carbons (Fsp3) is 0.400. The van der Waals surface area contributed by atoms with Gasteiger partial charge in [-0.15, -0.1) is 23.5 Å². The molecule has 13 heavy (non-hydrogen) atoms. The van der Waals surface area contributed by atoms with Gasteiger partial charge in [-0.3, -0.25) is 0 Å². The number of hydrogen-bond donors (Lipinski definition) is 1. The zero-order valence-corrected chi connectivity index (χ0v) is 9.04. The van der Waals surface area contributed by atoms with Crippen LogP contribution in [0.5, 0.6) is 5.75 Å². The first-order valence-corrected chi connectivity index (χ1v) is 6.17. The minimum Gasteiger partial charge on any atom is -0.507 e. The molecule has 1 aromatic carbocycles. The van der Waals surface area contributed by atoms with Crippen molar-refractivity contribution in [2.45, 2.75) is 11.0 Å². The largest absolute Gasteiger partial charge is 0.507 e. The van der Waals surface area contributed by atoms with Crippen LogP contribution in [0.15, 0.2) is 18.2 Å². The smallest absolute Gasteiger partial charge is 0.123 e. The van der Waals surface area contributed by atoms with Crippen LogP contribution in [-0.2, 0) is 4.08 Å². The van der Waals surface area contributed by atoms with Crippen molar-refractivity contribution in [3.8, 4) is 5.75 Å². The van der Waals surface area contributed by atoms with Gasteiger partial charge in [-0.05, 0) is 18.6 Å². The third-order valence-electron chi connectivity index (χ3n) is 2.11. The third kappa shape index (κ3) is 1.81. The summed E-state index contributed by atoms with van der Waals surface area (Å²) in [6.07, 6.45) is 0. The summed E-state index contributed by atoms with van der Waals surface area (Å²) in [4.78, 5) is 0. The molecule has 0 atom stereocenters. The van der Waals surface area contributed by atoms with Crippen LogP contribution >= 0.6 is 23.5 Å². The average molecular weight is 211 g/mol. The van der Waals surface area contributed by atoms with E-state index in [0.717, 1.165) is 5.56 Å². The molecular weight excluding hydrogens is 200 g/mol. The van der Waals surface area contributed by atoms with Crippen LogP contribution in [-0.4, -0.2) is 16.6 Å². The molecule has 1 N–H and O–H groups in total. The van der Waals surface area contributed by atoms with Crippen LogP contribution in [0.2, 0.25) is 0 Å². The van der Waals surface area contributed by atoms with Gasteiger partial charge in [-0.2, -0.15) is 0 Å². The second kappa shape index (κ2) is 3.46. The minimum absolute atomic E-state index is 0.0960. The van der Waals surface area contributed by atoms with Gasteiger partial charge in [0.05, 0.1) is 4.08 Å². The Morgan fingerprint density at radius 2 is 2.08 bits per heavy atom. The summed E-state index contributed by atoms with van der Waals surface area (Å²) >= 11 is 3.85. The molecule has 0 spiro atoms. The lowest BCUT2D eigenvalue weighted by atomic mass is 10.1. The molecule has 1 saturated heterocycles. The molecular formula is C10H11OS2. The monoisotopic (exact) mass is 211 g/mol. The highest BCUT2D eigenvalue weighted by atomic mass is 32.2. The van der Waals surface area contributed by atoms with Crippen molar-refractivity contribution in [3.63, 3.8) is 0 Å². The van der Waals surface area contributed by atoms with Gasteiger partial charge in [-0.25, -0.2) is 0 Å². The standard InChI is InChI=1S/C10H11OS2/c1-10(12-5-6-13-10)8-3-2-4-9(11)7-8/h2-4,11H,5-6H2,1H3. The lowest BCUT2D eigenvalue weighted by Crippen LogP contribution is -2.07. The molecule has 0 aromatic heterocycles. The van der Waals surface area contributed by atoms with Gasteiger partial charge in [0, 0.05) is 17.6 Å². The SMILES string of the molecule is CC1(c2[c]c(O)ccc2)SCCS1. The molecule has 1 radical (unpaired) electrons. The Morgan fingerprint density at radius 1 is 1.38 bits per heavy atom. The summed E-state index contributed by atoms with van der Waals surface area (Å²) in [5.41, 5.74) is 1.10. The molecule has 1 aliphatic heterocycles. The molecule has 1 heterocycles. The number of phenols is 1. The fourth-order valence-corrected chi connectivity index (χ4v) is 4.22. The summed E-state index contributed by atoms with van der Waals surface area (Å²) < 4.78 is 0.0960. The number of rotatable bonds is 1. The Bertz CT molecular complexity index is 306. The molecule has 2 rings (SSSR count). The Morgan fingerprint density at radius 3 is 2.69 bits per heavy atom. The maximum absolute atomic E-state index is 9.31. The van der Waals surface area contributed by atoms with Crippen LogP contribution in [0.1, 0.15) is 12.5 Å². The van der Waals surface area contributed by atoms with Crippen molar-refractivity contribution >= 4 is 23.5 Å². The second-order valence-corrected chi connectivity index (χ2v) is 6.38. The number of hydrogen-bond acceptors (Lipinski definition) is 3. The van der Waals surface area contributed by atoms with Crippen molar-refractivity contribution < 1.29 is 5.11 Å². The first-order valence-electron chi connectivity index (χ1n) is 4.20. The van der Waals surface area contributed by atoms with Crippen molar-refractivity contribution in [2.75, 3.05) is 11.5 Å². The molecule has 0 saturated carbocycles. The van der Waals surface area contributed by atoms with Gasteiger partial charge in [0.1, 0.15) is 5.75 Å². The molecule has 0 aliphatic carbocycles. The predicted octanol–water partition coefficient (Wildman–Crippen LogP) is 2.85. The van der Waals surface area contributed by atoms with E-state index in [1.807, 2.05) is 35.7 Å². The van der Waals surface area contributed by atoms with Crippen molar-refractivity contribution in [1.29, 1.82) is 0 Å². The van der Waals surface area contributed by atoms with Crippen LogP contribution in [0, 0.1) is 6.07 Å². The van der Waals surface area contributed by atoms with E-state index in [1.165, 1.54) is 11.5 Å². The fourth-order valence-electron chi connectivity index (χ4n) is 1.39. The maximum atomic E-state index is 9.31. The van der Waals surface area contributed by atoms with E-state index in [2.05, 4.69) is 13.0 Å². The first kappa shape index (κ1) is 9.28. The predicted molar refractivity (Wildman–Crippen MR) is 59.2 cm³/mol. The topological polar surface area (TPSA) is 20.2 Å². The molecule has 1 aromatic rings. The Labute approximate surface area is 86.9 Å². The van der Waals surface area contributed by atoms with Gasteiger partial charge < -0.3 is 5.11 Å². The number of thioether (sulfide) groups is 2. The highest BCUT2D eigenvalue weighted by Crippen LogP contribution is 2.51. The summed E-state index contributed by atoms with van der Waals surface area (Å²) in [6.45, 7) is 2.20. The Balaban J connectivity index is 2.33. The van der Waals surface area contributed by atoms with Crippen LogP contribution in [0.4, 0.5) is 0 Å². The molecule has 0 bridgehead atoms. The molecule has 1 aliphatic rings. The highest BCUT2D eigenvalue weighted by molar-refractivity contribution is 8.20. The van der Waals surface area contributed by atoms with Crippen molar-refractivity contribution in [1.82, 2.24) is 0 Å². The highest BCUT2D eigenvalue weighted by Gasteiger charge is 2.32. The summed E-state index contributed by atoms with van der Waals surface area (Å²) in [5, 5.41) is 9.31. The zero-order valence-electron chi connectivity index (χ0n) is 7.41. The molecule has 69 valence electrons. The van der Waals surface area contributed by atoms with E-state index in [9.17, 15) is 5.11 Å². The van der Waals surface area contributed by atoms with E-state index in [0.29, 0.717) is 0 Å². The number of aromatic hydroxyl groups is 1. The van der Waals surface area contributed by atoms with E-state index < -0.39 is 0 Å². The first-order chi connectivity index (χ1) is 6.21. The zero-order chi connectivity index (χ0) is 9.31. The lowest BCUT2D eigenvalue weighted by Gasteiger charge is -2.21. The maximum Gasteiger partial charge on any atom is 0.123 e. The molecule has 1 nitrogen and oxygen atoms in total. The number of benzene rings is 1. The normalized spacial score (nSPS) is 20.4. The van der Waals surface area contributed by atoms with Gasteiger partial charge in [0.25, 0.3) is 0 Å². The molecule has 0 amide bonds. The summed E-state index contributed by atoms with van der Waals surface area (Å²) in [6, 6.07) is 8.58. The number of phenolic OH excluding ortho intramolecular Hbond substituents is 1. The van der Waals surface area contributed by atoms with Crippen molar-refractivity contribution in [3.05, 3.63) is 29.8 Å². The van der Waals surface area contributed by atoms with E-state index >= 15 is 0 Å². The van der Waals surface area contributed by atoms with Crippen LogP contribution in [0.3, 0.4) is 0 Å². The van der Waals surface area contributed by atoms with Gasteiger partial charge >= 0.3 is 0 Å². The van der Waals surface area contributed by atoms with Crippen LogP contribution in [0.25, 0.3) is 0 Å². The summed E-state index contributed by atoms with van der Waals surface area (Å²) in [7, 11) is 0. The Hall–Kier alpha value is -0.280. The van der Waals surface area contributed by atoms with Crippen LogP contribution < -0.4 is 0 Å². The minimum atomic E-state index is 0.0960. The molecule has 3 heteroatoms. The van der Waals surface area contributed by atoms with Gasteiger partial charge in [0.2, 0.25) is 0 Å². The van der Waals surface area contributed by atoms with E-state index in [4.69, 9.17) is 0 Å². The second-order valence-electron chi connectivity index (χ2n) is 3.09. The quantitative estimate of drug-likeness (QED) is 0.771. The molecule has 1 fully saturated rings. The third-order valence-corrected chi connectivity index (χ3v) is 5.43. The van der Waals surface area contributed by atoms with Gasteiger partial charge in [0.15, 0.2) is 0 Å². The molecule has 0 unspecified atom stereocenters. The van der Waals surface area contributed by atoms with E-state index in [-0.39, 0.29) is 9.83 Å². The van der Waals surface area contributed by atoms with E-state index in [1.54, 1.807) is 6.07 Å². The summed E-state index contributed by atoms with van der Waals surface area (Å²) in [5.74, 6) is 2.61. The average Bonchev–Trinajstić information content (AvgIpc) is 2.54. The lowest BCUT2D eigenvalue weighted by molar-refractivity contribution is 0.473. The van der Waals surface area contributed by atoms with Gasteiger partial charge in [-0.1, -0.05) is 12.1 Å².